The summed E-state index contributed by atoms with van der Waals surface area (Å²) in [5.41, 5.74) is 2.20. The number of aromatic nitrogens is 2. The molecule has 0 radical (unpaired) electrons. The molecule has 1 heterocycles. The normalized spacial score (nSPS) is 20.3. The van der Waals surface area contributed by atoms with Gasteiger partial charge < -0.3 is 5.11 Å². The second-order valence-electron chi connectivity index (χ2n) is 4.45. The van der Waals surface area contributed by atoms with Gasteiger partial charge in [0.15, 0.2) is 0 Å². The largest absolute Gasteiger partial charge is 0.481 e. The summed E-state index contributed by atoms with van der Waals surface area (Å²) in [5.74, 6) is -0.903. The van der Waals surface area contributed by atoms with Gasteiger partial charge in [-0.1, -0.05) is 0 Å². The molecule has 1 N–H and O–H groups in total. The first-order valence-electron chi connectivity index (χ1n) is 5.37. The number of carbonyl (C=O) groups is 1. The summed E-state index contributed by atoms with van der Waals surface area (Å²) in [6.45, 7) is 4.15. The van der Waals surface area contributed by atoms with E-state index in [1.807, 2.05) is 10.9 Å². The highest BCUT2D eigenvalue weighted by molar-refractivity contribution is 5.70. The van der Waals surface area contributed by atoms with Crippen LogP contribution in [0, 0.1) is 5.92 Å². The molecule has 1 aliphatic rings. The Bertz CT molecular complexity index is 382. The van der Waals surface area contributed by atoms with Crippen molar-refractivity contribution in [1.29, 1.82) is 0 Å². The minimum Gasteiger partial charge on any atom is -0.481 e. The molecule has 0 spiro atoms. The van der Waals surface area contributed by atoms with Crippen LogP contribution in [0.15, 0.2) is 6.20 Å². The van der Waals surface area contributed by atoms with Crippen molar-refractivity contribution in [3.8, 4) is 0 Å². The molecule has 0 aliphatic heterocycles. The summed E-state index contributed by atoms with van der Waals surface area (Å²) in [7, 11) is 0. The van der Waals surface area contributed by atoms with Gasteiger partial charge in [-0.3, -0.25) is 9.48 Å². The van der Waals surface area contributed by atoms with Crippen LogP contribution in [0.2, 0.25) is 0 Å². The predicted molar refractivity (Wildman–Crippen MR) is 55.8 cm³/mol. The van der Waals surface area contributed by atoms with Crippen LogP contribution in [0.5, 0.6) is 0 Å². The summed E-state index contributed by atoms with van der Waals surface area (Å²) in [6.07, 6.45) is 4.15. The topological polar surface area (TPSA) is 55.1 Å². The zero-order chi connectivity index (χ0) is 11.0. The minimum absolute atomic E-state index is 0.220. The van der Waals surface area contributed by atoms with Crippen molar-refractivity contribution in [1.82, 2.24) is 9.78 Å². The van der Waals surface area contributed by atoms with E-state index in [4.69, 9.17) is 5.11 Å². The lowest BCUT2D eigenvalue weighted by Crippen LogP contribution is -2.21. The zero-order valence-electron chi connectivity index (χ0n) is 9.10. The van der Waals surface area contributed by atoms with Crippen LogP contribution in [-0.2, 0) is 17.6 Å². The number of fused-ring (bicyclic) bond motifs is 1. The Kier molecular flexibility index (Phi) is 2.50. The Morgan fingerprint density at radius 3 is 3.00 bits per heavy atom. The van der Waals surface area contributed by atoms with E-state index in [0.717, 1.165) is 24.1 Å². The summed E-state index contributed by atoms with van der Waals surface area (Å²) in [6, 6.07) is 0.346. The number of hydrogen-bond acceptors (Lipinski definition) is 2. The zero-order valence-corrected chi connectivity index (χ0v) is 9.10. The molecule has 1 aromatic heterocycles. The summed E-state index contributed by atoms with van der Waals surface area (Å²) in [5, 5.41) is 13.4. The molecular weight excluding hydrogens is 192 g/mol. The van der Waals surface area contributed by atoms with Crippen molar-refractivity contribution < 1.29 is 9.90 Å². The van der Waals surface area contributed by atoms with Crippen LogP contribution in [-0.4, -0.2) is 20.9 Å². The van der Waals surface area contributed by atoms with Crippen LogP contribution in [0.4, 0.5) is 0 Å². The Balaban J connectivity index is 2.22. The number of nitrogens with zero attached hydrogens (tertiary/aromatic N) is 2. The summed E-state index contributed by atoms with van der Waals surface area (Å²) >= 11 is 0. The molecule has 4 nitrogen and oxygen atoms in total. The van der Waals surface area contributed by atoms with Crippen molar-refractivity contribution in [3.05, 3.63) is 17.5 Å². The van der Waals surface area contributed by atoms with E-state index in [-0.39, 0.29) is 5.92 Å². The molecule has 1 unspecified atom stereocenters. The maximum Gasteiger partial charge on any atom is 0.306 e. The van der Waals surface area contributed by atoms with E-state index in [1.54, 1.807) is 0 Å². The maximum absolute atomic E-state index is 10.9. The fourth-order valence-corrected chi connectivity index (χ4v) is 2.00. The average molecular weight is 208 g/mol. The molecule has 0 saturated heterocycles. The molecule has 1 aromatic rings. The van der Waals surface area contributed by atoms with E-state index < -0.39 is 5.97 Å². The lowest BCUT2D eigenvalue weighted by atomic mass is 9.88. The van der Waals surface area contributed by atoms with E-state index in [1.165, 1.54) is 0 Å². The van der Waals surface area contributed by atoms with Gasteiger partial charge in [0.1, 0.15) is 0 Å². The predicted octanol–water partition coefficient (Wildman–Crippen LogP) is 1.65. The van der Waals surface area contributed by atoms with Crippen LogP contribution >= 0.6 is 0 Å². The number of hydrogen-bond donors (Lipinski definition) is 1. The van der Waals surface area contributed by atoms with E-state index >= 15 is 0 Å². The molecule has 0 bridgehead atoms. The Labute approximate surface area is 88.9 Å². The molecule has 82 valence electrons. The first kappa shape index (κ1) is 10.2. The molecule has 0 amide bonds. The Morgan fingerprint density at radius 1 is 1.67 bits per heavy atom. The summed E-state index contributed by atoms with van der Waals surface area (Å²) in [4.78, 5) is 10.9. The quantitative estimate of drug-likeness (QED) is 0.804. The van der Waals surface area contributed by atoms with Crippen LogP contribution in [0.3, 0.4) is 0 Å². The van der Waals surface area contributed by atoms with Gasteiger partial charge in [-0.2, -0.15) is 5.10 Å². The highest BCUT2D eigenvalue weighted by Gasteiger charge is 2.26. The molecule has 0 saturated carbocycles. The molecule has 15 heavy (non-hydrogen) atoms. The standard InChI is InChI=1S/C11H16N2O2/c1-7(2)13-6-9-5-8(11(14)15)3-4-10(9)12-13/h6-8H,3-5H2,1-2H3,(H,14,15). The molecular formula is C11H16N2O2. The lowest BCUT2D eigenvalue weighted by molar-refractivity contribution is -0.142. The van der Waals surface area contributed by atoms with Crippen molar-refractivity contribution in [2.24, 2.45) is 5.92 Å². The van der Waals surface area contributed by atoms with Gasteiger partial charge in [0.2, 0.25) is 0 Å². The molecule has 0 fully saturated rings. The minimum atomic E-state index is -0.682. The number of carboxylic acid groups (broad SMARTS) is 1. The van der Waals surface area contributed by atoms with E-state index in [2.05, 4.69) is 18.9 Å². The van der Waals surface area contributed by atoms with Crippen molar-refractivity contribution >= 4 is 5.97 Å². The fourth-order valence-electron chi connectivity index (χ4n) is 2.00. The number of aliphatic carboxylic acids is 1. The number of aryl methyl sites for hydroxylation is 1. The average Bonchev–Trinajstić information content (AvgIpc) is 2.59. The van der Waals surface area contributed by atoms with Gasteiger partial charge in [-0.05, 0) is 38.7 Å². The van der Waals surface area contributed by atoms with Crippen LogP contribution < -0.4 is 0 Å². The van der Waals surface area contributed by atoms with Gasteiger partial charge in [0.25, 0.3) is 0 Å². The van der Waals surface area contributed by atoms with E-state index in [9.17, 15) is 4.79 Å². The number of rotatable bonds is 2. The maximum atomic E-state index is 10.9. The third-order valence-electron chi connectivity index (χ3n) is 2.97. The van der Waals surface area contributed by atoms with Gasteiger partial charge in [-0.25, -0.2) is 0 Å². The van der Waals surface area contributed by atoms with Crippen LogP contribution in [0.1, 0.15) is 37.6 Å². The lowest BCUT2D eigenvalue weighted by Gasteiger charge is -2.16. The second kappa shape index (κ2) is 3.68. The molecule has 4 heteroatoms. The first-order chi connectivity index (χ1) is 7.08. The van der Waals surface area contributed by atoms with Gasteiger partial charge >= 0.3 is 5.97 Å². The molecule has 0 aromatic carbocycles. The first-order valence-corrected chi connectivity index (χ1v) is 5.37. The SMILES string of the molecule is CC(C)n1cc2c(n1)CCC(C(=O)O)C2. The van der Waals surface area contributed by atoms with Gasteiger partial charge in [0, 0.05) is 12.2 Å². The third kappa shape index (κ3) is 1.89. The molecule has 2 rings (SSSR count). The van der Waals surface area contributed by atoms with Crippen molar-refractivity contribution in [2.45, 2.75) is 39.2 Å². The summed E-state index contributed by atoms with van der Waals surface area (Å²) < 4.78 is 1.93. The Morgan fingerprint density at radius 2 is 2.40 bits per heavy atom. The monoisotopic (exact) mass is 208 g/mol. The highest BCUT2D eigenvalue weighted by Crippen LogP contribution is 2.25. The Hall–Kier alpha value is -1.32. The number of carboxylic acids is 1. The van der Waals surface area contributed by atoms with E-state index in [0.29, 0.717) is 12.5 Å². The van der Waals surface area contributed by atoms with Crippen LogP contribution in [0.25, 0.3) is 0 Å². The molecule has 1 aliphatic carbocycles. The third-order valence-corrected chi connectivity index (χ3v) is 2.97. The van der Waals surface area contributed by atoms with Gasteiger partial charge in [0.05, 0.1) is 11.6 Å². The van der Waals surface area contributed by atoms with Crippen molar-refractivity contribution in [3.63, 3.8) is 0 Å². The molecule has 1 atom stereocenters. The smallest absolute Gasteiger partial charge is 0.306 e. The fraction of sp³-hybridized carbons (Fsp3) is 0.636. The highest BCUT2D eigenvalue weighted by atomic mass is 16.4. The second-order valence-corrected chi connectivity index (χ2v) is 4.45. The van der Waals surface area contributed by atoms with Gasteiger partial charge in [-0.15, -0.1) is 0 Å². The van der Waals surface area contributed by atoms with Crippen molar-refractivity contribution in [2.75, 3.05) is 0 Å².